The van der Waals surface area contributed by atoms with Gasteiger partial charge in [0.2, 0.25) is 5.88 Å². The van der Waals surface area contributed by atoms with Crippen LogP contribution >= 0.6 is 11.8 Å². The summed E-state index contributed by atoms with van der Waals surface area (Å²) in [5.74, 6) is 0.120. The van der Waals surface area contributed by atoms with Crippen molar-refractivity contribution in [3.63, 3.8) is 0 Å². The topological polar surface area (TPSA) is 94.4 Å². The molecule has 0 fully saturated rings. The molecule has 0 aliphatic rings. The number of hydrogen-bond acceptors (Lipinski definition) is 6. The van der Waals surface area contributed by atoms with Crippen LogP contribution in [0.15, 0.2) is 71.6 Å². The molecule has 5 nitrogen and oxygen atoms in total. The predicted molar refractivity (Wildman–Crippen MR) is 150 cm³/mol. The van der Waals surface area contributed by atoms with E-state index in [1.54, 1.807) is 37.1 Å². The maximum Gasteiger partial charge on any atom is 0.217 e. The first-order valence-corrected chi connectivity index (χ1v) is 13.6. The fourth-order valence-electron chi connectivity index (χ4n) is 5.13. The molecule has 0 amide bonds. The van der Waals surface area contributed by atoms with Crippen LogP contribution in [0.2, 0.25) is 0 Å². The number of hydrogen-bond donors (Lipinski definition) is 3. The molecule has 0 aliphatic carbocycles. The van der Waals surface area contributed by atoms with Crippen LogP contribution in [0.5, 0.6) is 11.6 Å². The SMILES string of the molecule is COc1nc2ccc(SC)cc2cc1C(c1ccc(O)cc1)C(N)(CCN)CCc1ccc(F)cc1C. The molecular weight excluding hydrogens is 485 g/mol. The number of nitrogens with zero attached hydrogens (tertiary/aromatic N) is 1. The van der Waals surface area contributed by atoms with Crippen LogP contribution in [0.3, 0.4) is 0 Å². The number of fused-ring (bicyclic) bond motifs is 1. The second-order valence-corrected chi connectivity index (χ2v) is 10.4. The lowest BCUT2D eigenvalue weighted by Gasteiger charge is -2.39. The summed E-state index contributed by atoms with van der Waals surface area (Å²) in [6, 6.07) is 20.3. The summed E-state index contributed by atoms with van der Waals surface area (Å²) in [6.45, 7) is 2.31. The van der Waals surface area contributed by atoms with Crippen molar-refractivity contribution in [1.29, 1.82) is 0 Å². The van der Waals surface area contributed by atoms with Crippen LogP contribution in [0.1, 0.15) is 41.0 Å². The Balaban J connectivity index is 1.88. The van der Waals surface area contributed by atoms with Gasteiger partial charge in [0.15, 0.2) is 0 Å². The molecule has 0 spiro atoms. The summed E-state index contributed by atoms with van der Waals surface area (Å²) in [7, 11) is 1.62. The van der Waals surface area contributed by atoms with E-state index in [9.17, 15) is 9.50 Å². The average molecular weight is 520 g/mol. The number of thioether (sulfide) groups is 1. The number of methoxy groups -OCH3 is 1. The lowest BCUT2D eigenvalue weighted by molar-refractivity contribution is 0.317. The zero-order valence-corrected chi connectivity index (χ0v) is 22.3. The van der Waals surface area contributed by atoms with Gasteiger partial charge in [-0.05, 0) is 104 Å². The molecule has 1 aromatic heterocycles. The quantitative estimate of drug-likeness (QED) is 0.225. The summed E-state index contributed by atoms with van der Waals surface area (Å²) in [4.78, 5) is 5.98. The summed E-state index contributed by atoms with van der Waals surface area (Å²) in [5, 5.41) is 11.0. The molecule has 0 saturated heterocycles. The number of rotatable bonds is 10. The number of nitrogens with two attached hydrogens (primary N) is 2. The number of phenolic OH excluding ortho intramolecular Hbond substituents is 1. The smallest absolute Gasteiger partial charge is 0.217 e. The van der Waals surface area contributed by atoms with Crippen LogP contribution in [0, 0.1) is 12.7 Å². The van der Waals surface area contributed by atoms with E-state index in [1.165, 1.54) is 6.07 Å². The standard InChI is InChI=1S/C30H34FN3O2S/c1-19-16-23(31)7-4-20(19)12-13-30(33,14-15-32)28(21-5-8-24(35)9-6-21)26-18-22-17-25(37-3)10-11-27(22)34-29(26)36-2/h4-11,16-18,28,35H,12-15,32-33H2,1-3H3. The monoisotopic (exact) mass is 519 g/mol. The Kier molecular flexibility index (Phi) is 8.37. The van der Waals surface area contributed by atoms with E-state index in [0.717, 1.165) is 38.1 Å². The fraction of sp³-hybridized carbons (Fsp3) is 0.300. The molecule has 4 aromatic rings. The second-order valence-electron chi connectivity index (χ2n) is 9.51. The molecule has 2 unspecified atom stereocenters. The van der Waals surface area contributed by atoms with Crippen LogP contribution in [-0.2, 0) is 6.42 Å². The zero-order valence-electron chi connectivity index (χ0n) is 21.5. The minimum absolute atomic E-state index is 0.180. The van der Waals surface area contributed by atoms with E-state index < -0.39 is 5.54 Å². The summed E-state index contributed by atoms with van der Waals surface area (Å²) in [5.41, 5.74) is 17.2. The maximum absolute atomic E-state index is 13.7. The molecule has 37 heavy (non-hydrogen) atoms. The molecule has 194 valence electrons. The Morgan fingerprint density at radius 3 is 2.46 bits per heavy atom. The highest BCUT2D eigenvalue weighted by atomic mass is 32.2. The van der Waals surface area contributed by atoms with Crippen molar-refractivity contribution in [3.8, 4) is 11.6 Å². The van der Waals surface area contributed by atoms with Gasteiger partial charge in [0, 0.05) is 27.3 Å². The van der Waals surface area contributed by atoms with Crippen molar-refractivity contribution in [3.05, 3.63) is 94.8 Å². The average Bonchev–Trinajstić information content (AvgIpc) is 2.89. The van der Waals surface area contributed by atoms with Gasteiger partial charge in [0.25, 0.3) is 0 Å². The van der Waals surface area contributed by atoms with Gasteiger partial charge in [0.1, 0.15) is 11.6 Å². The van der Waals surface area contributed by atoms with E-state index in [2.05, 4.69) is 12.1 Å². The van der Waals surface area contributed by atoms with E-state index in [1.807, 2.05) is 43.5 Å². The van der Waals surface area contributed by atoms with Crippen LogP contribution in [-0.4, -0.2) is 35.5 Å². The number of benzene rings is 3. The molecule has 0 saturated carbocycles. The molecule has 2 atom stereocenters. The van der Waals surface area contributed by atoms with Crippen molar-refractivity contribution in [2.45, 2.75) is 42.5 Å². The van der Waals surface area contributed by atoms with Crippen LogP contribution in [0.4, 0.5) is 4.39 Å². The Bertz CT molecular complexity index is 1380. The van der Waals surface area contributed by atoms with E-state index in [0.29, 0.717) is 31.7 Å². The number of phenols is 1. The molecule has 3 aromatic carbocycles. The Morgan fingerprint density at radius 1 is 1.05 bits per heavy atom. The van der Waals surface area contributed by atoms with E-state index in [-0.39, 0.29) is 17.5 Å². The van der Waals surface area contributed by atoms with Gasteiger partial charge in [-0.2, -0.15) is 0 Å². The molecule has 0 aliphatic heterocycles. The van der Waals surface area contributed by atoms with Crippen molar-refractivity contribution in [2.24, 2.45) is 11.5 Å². The van der Waals surface area contributed by atoms with Gasteiger partial charge in [0.05, 0.1) is 12.6 Å². The maximum atomic E-state index is 13.7. The highest BCUT2D eigenvalue weighted by Crippen LogP contribution is 2.43. The first-order chi connectivity index (χ1) is 17.8. The molecule has 4 rings (SSSR count). The molecule has 7 heteroatoms. The lowest BCUT2D eigenvalue weighted by atomic mass is 9.70. The summed E-state index contributed by atoms with van der Waals surface area (Å²) in [6.07, 6.45) is 3.86. The van der Waals surface area contributed by atoms with Gasteiger partial charge in [-0.1, -0.05) is 18.2 Å². The molecule has 0 bridgehead atoms. The fourth-order valence-corrected chi connectivity index (χ4v) is 5.58. The largest absolute Gasteiger partial charge is 0.508 e. The van der Waals surface area contributed by atoms with E-state index in [4.69, 9.17) is 21.2 Å². The minimum atomic E-state index is -0.772. The number of aryl methyl sites for hydroxylation is 2. The Hall–Kier alpha value is -3.13. The highest BCUT2D eigenvalue weighted by Gasteiger charge is 2.38. The normalized spacial score (nSPS) is 13.9. The van der Waals surface area contributed by atoms with E-state index >= 15 is 0 Å². The van der Waals surface area contributed by atoms with Crippen LogP contribution in [0.25, 0.3) is 10.9 Å². The van der Waals surface area contributed by atoms with Crippen molar-refractivity contribution >= 4 is 22.7 Å². The third-order valence-electron chi connectivity index (χ3n) is 7.09. The van der Waals surface area contributed by atoms with Gasteiger partial charge in [-0.25, -0.2) is 9.37 Å². The lowest BCUT2D eigenvalue weighted by Crippen LogP contribution is -2.48. The molecule has 1 heterocycles. The number of aromatic nitrogens is 1. The third kappa shape index (κ3) is 5.90. The Morgan fingerprint density at radius 2 is 1.81 bits per heavy atom. The first-order valence-electron chi connectivity index (χ1n) is 12.3. The molecule has 0 radical (unpaired) electrons. The molecular formula is C30H34FN3O2S. The summed E-state index contributed by atoms with van der Waals surface area (Å²) >= 11 is 1.67. The second kappa shape index (κ2) is 11.5. The van der Waals surface area contributed by atoms with Gasteiger partial charge in [-0.3, -0.25) is 0 Å². The molecule has 5 N–H and O–H groups in total. The van der Waals surface area contributed by atoms with Gasteiger partial charge >= 0.3 is 0 Å². The minimum Gasteiger partial charge on any atom is -0.508 e. The third-order valence-corrected chi connectivity index (χ3v) is 7.82. The number of aromatic hydroxyl groups is 1. The van der Waals surface area contributed by atoms with Gasteiger partial charge in [-0.15, -0.1) is 11.8 Å². The number of ether oxygens (including phenoxy) is 1. The Labute approximate surface area is 222 Å². The van der Waals surface area contributed by atoms with Crippen LogP contribution < -0.4 is 16.2 Å². The number of pyridine rings is 1. The van der Waals surface area contributed by atoms with Gasteiger partial charge < -0.3 is 21.3 Å². The van der Waals surface area contributed by atoms with Crippen molar-refractivity contribution in [1.82, 2.24) is 4.98 Å². The predicted octanol–water partition coefficient (Wildman–Crippen LogP) is 5.93. The summed E-state index contributed by atoms with van der Waals surface area (Å²) < 4.78 is 19.5. The zero-order chi connectivity index (χ0) is 26.6. The highest BCUT2D eigenvalue weighted by molar-refractivity contribution is 7.98. The van der Waals surface area contributed by atoms with Crippen molar-refractivity contribution < 1.29 is 14.2 Å². The van der Waals surface area contributed by atoms with Crippen molar-refractivity contribution in [2.75, 3.05) is 19.9 Å². The number of halogens is 1. The first kappa shape index (κ1) is 26.9.